The second kappa shape index (κ2) is 46.5. The molecule has 2 N–H and O–H groups in total. The molecule has 1 amide bonds. The molecule has 3 unspecified atom stereocenters. The third-order valence-electron chi connectivity index (χ3n) is 11.0. The van der Waals surface area contributed by atoms with Gasteiger partial charge in [-0.15, -0.1) is 0 Å². The van der Waals surface area contributed by atoms with Gasteiger partial charge in [0, 0.05) is 6.42 Å². The zero-order chi connectivity index (χ0) is 47.8. The molecule has 0 heterocycles. The summed E-state index contributed by atoms with van der Waals surface area (Å²) >= 11 is 0. The fraction of sp³-hybridized carbons (Fsp3) is 0.696. The first kappa shape index (κ1) is 62.4. The van der Waals surface area contributed by atoms with Crippen LogP contribution in [0, 0.1) is 0 Å². The van der Waals surface area contributed by atoms with Crippen LogP contribution in [0.1, 0.15) is 200 Å². The van der Waals surface area contributed by atoms with E-state index in [2.05, 4.69) is 104 Å². The molecule has 3 atom stereocenters. The number of hydrogen-bond acceptors (Lipinski definition) is 6. The van der Waals surface area contributed by atoms with E-state index >= 15 is 0 Å². The summed E-state index contributed by atoms with van der Waals surface area (Å²) in [6.45, 7) is 4.47. The quantitative estimate of drug-likeness (QED) is 0.0272. The number of carbonyl (C=O) groups is 1. The van der Waals surface area contributed by atoms with Gasteiger partial charge in [0.25, 0.3) is 7.82 Å². The van der Waals surface area contributed by atoms with Crippen LogP contribution < -0.4 is 10.2 Å². The molecule has 0 saturated heterocycles. The largest absolute Gasteiger partial charge is 0.756 e. The van der Waals surface area contributed by atoms with Crippen LogP contribution in [-0.4, -0.2) is 68.5 Å². The van der Waals surface area contributed by atoms with E-state index in [0.29, 0.717) is 17.4 Å². The van der Waals surface area contributed by atoms with Crippen molar-refractivity contribution >= 4 is 13.7 Å². The van der Waals surface area contributed by atoms with Gasteiger partial charge in [-0.1, -0.05) is 207 Å². The van der Waals surface area contributed by atoms with Crippen molar-refractivity contribution in [3.05, 3.63) is 97.2 Å². The first-order valence-electron chi connectivity index (χ1n) is 26.1. The summed E-state index contributed by atoms with van der Waals surface area (Å²) in [5.74, 6) is -0.252. The maximum absolute atomic E-state index is 12.9. The Morgan fingerprint density at radius 1 is 0.554 bits per heavy atom. The van der Waals surface area contributed by atoms with Crippen LogP contribution in [0.4, 0.5) is 0 Å². The van der Waals surface area contributed by atoms with Crippen molar-refractivity contribution in [1.29, 1.82) is 0 Å². The Kier molecular flexibility index (Phi) is 44.7. The van der Waals surface area contributed by atoms with Crippen molar-refractivity contribution in [2.24, 2.45) is 0 Å². The normalized spacial score (nSPS) is 14.9. The van der Waals surface area contributed by atoms with Crippen molar-refractivity contribution < 1.29 is 32.9 Å². The molecule has 0 saturated carbocycles. The molecule has 0 aliphatic rings. The van der Waals surface area contributed by atoms with Crippen LogP contribution in [0.2, 0.25) is 0 Å². The molecule has 65 heavy (non-hydrogen) atoms. The molecule has 0 fully saturated rings. The topological polar surface area (TPSA) is 108 Å². The van der Waals surface area contributed by atoms with E-state index in [1.54, 1.807) is 6.08 Å². The Morgan fingerprint density at radius 3 is 1.43 bits per heavy atom. The molecule has 0 aromatic carbocycles. The minimum atomic E-state index is -4.62. The van der Waals surface area contributed by atoms with E-state index in [4.69, 9.17) is 9.05 Å². The molecule has 0 radical (unpaired) electrons. The lowest BCUT2D eigenvalue weighted by molar-refractivity contribution is -0.870. The highest BCUT2D eigenvalue weighted by atomic mass is 31.2. The summed E-state index contributed by atoms with van der Waals surface area (Å²) in [7, 11) is 1.20. The Hall–Kier alpha value is -2.58. The third-order valence-corrected chi connectivity index (χ3v) is 12.0. The standard InChI is InChI=1S/C56H99N2O6P/c1-6-8-10-12-14-16-18-20-22-24-26-28-30-31-33-35-37-39-41-43-45-47-49-55(59)54(53-64-65(61,62)63-52-51-58(3,4)5)57-56(60)50-48-46-44-42-40-38-36-34-32-29-27-25-23-21-19-17-15-13-11-9-7-2/h9,11,15,17,21,23,27,29,34,36,39-42,47,49,54-55,59H,6-8,10,12-14,16,18-20,22,24-26,28,30-33,35,37-38,43-46,48,50-53H2,1-5H3,(H-,57,60,61,62)/b11-9-,17-15-,23-21-,29-27-,36-34-,41-39+,42-40-,49-47+. The molecule has 0 aromatic rings. The number of allylic oxidation sites excluding steroid dienone is 15. The second-order valence-corrected chi connectivity index (χ2v) is 19.9. The number of nitrogens with one attached hydrogen (secondary N) is 1. The van der Waals surface area contributed by atoms with Crippen LogP contribution >= 0.6 is 7.82 Å². The first-order valence-corrected chi connectivity index (χ1v) is 27.6. The van der Waals surface area contributed by atoms with Gasteiger partial charge in [-0.05, 0) is 83.5 Å². The van der Waals surface area contributed by atoms with Crippen molar-refractivity contribution in [1.82, 2.24) is 5.32 Å². The summed E-state index contributed by atoms with van der Waals surface area (Å²) in [5.41, 5.74) is 0. The minimum absolute atomic E-state index is 0.0203. The molecule has 374 valence electrons. The molecular weight excluding hydrogens is 828 g/mol. The number of hydrogen-bond donors (Lipinski definition) is 2. The number of amides is 1. The molecule has 8 nitrogen and oxygen atoms in total. The minimum Gasteiger partial charge on any atom is -0.756 e. The van der Waals surface area contributed by atoms with Crippen LogP contribution in [-0.2, 0) is 18.4 Å². The molecule has 0 rings (SSSR count). The molecule has 0 aliphatic carbocycles. The van der Waals surface area contributed by atoms with Crippen LogP contribution in [0.25, 0.3) is 0 Å². The monoisotopic (exact) mass is 927 g/mol. The highest BCUT2D eigenvalue weighted by molar-refractivity contribution is 7.45. The van der Waals surface area contributed by atoms with Gasteiger partial charge in [-0.3, -0.25) is 9.36 Å². The number of quaternary nitrogens is 1. The predicted octanol–water partition coefficient (Wildman–Crippen LogP) is 14.8. The van der Waals surface area contributed by atoms with Gasteiger partial charge >= 0.3 is 0 Å². The average Bonchev–Trinajstić information content (AvgIpc) is 3.26. The lowest BCUT2D eigenvalue weighted by Gasteiger charge is -2.29. The number of nitrogens with zero attached hydrogens (tertiary/aromatic N) is 1. The van der Waals surface area contributed by atoms with E-state index < -0.39 is 26.6 Å². The lowest BCUT2D eigenvalue weighted by Crippen LogP contribution is -2.45. The summed E-state index contributed by atoms with van der Waals surface area (Å²) < 4.78 is 23.2. The number of carbonyl (C=O) groups excluding carboxylic acids is 1. The van der Waals surface area contributed by atoms with Gasteiger partial charge in [0.05, 0.1) is 39.9 Å². The summed E-state index contributed by atoms with van der Waals surface area (Å²) in [4.78, 5) is 25.4. The highest BCUT2D eigenvalue weighted by Crippen LogP contribution is 2.38. The first-order chi connectivity index (χ1) is 31.5. The van der Waals surface area contributed by atoms with E-state index in [9.17, 15) is 19.4 Å². The van der Waals surface area contributed by atoms with Crippen molar-refractivity contribution in [2.45, 2.75) is 212 Å². The van der Waals surface area contributed by atoms with Gasteiger partial charge in [-0.2, -0.15) is 0 Å². The number of likely N-dealkylation sites (N-methyl/N-ethyl adjacent to an activating group) is 1. The fourth-order valence-corrected chi connectivity index (χ4v) is 7.66. The van der Waals surface area contributed by atoms with E-state index in [-0.39, 0.29) is 18.9 Å². The molecule has 0 spiro atoms. The summed E-state index contributed by atoms with van der Waals surface area (Å²) in [5, 5.41) is 13.8. The number of unbranched alkanes of at least 4 members (excludes halogenated alkanes) is 19. The van der Waals surface area contributed by atoms with Crippen LogP contribution in [0.5, 0.6) is 0 Å². The van der Waals surface area contributed by atoms with Gasteiger partial charge in [0.1, 0.15) is 13.2 Å². The average molecular weight is 927 g/mol. The maximum Gasteiger partial charge on any atom is 0.268 e. The molecular formula is C56H99N2O6P. The number of phosphoric ester groups is 1. The zero-order valence-electron chi connectivity index (χ0n) is 42.4. The third kappa shape index (κ3) is 49.2. The Morgan fingerprint density at radius 2 is 0.954 bits per heavy atom. The molecule has 0 aromatic heterocycles. The van der Waals surface area contributed by atoms with Gasteiger partial charge in [0.2, 0.25) is 5.91 Å². The fourth-order valence-electron chi connectivity index (χ4n) is 6.94. The number of rotatable bonds is 46. The van der Waals surface area contributed by atoms with Crippen LogP contribution in [0.15, 0.2) is 97.2 Å². The number of aliphatic hydroxyl groups excluding tert-OH is 1. The molecule has 0 aliphatic heterocycles. The van der Waals surface area contributed by atoms with E-state index in [0.717, 1.165) is 70.6 Å². The zero-order valence-corrected chi connectivity index (χ0v) is 43.3. The van der Waals surface area contributed by atoms with Gasteiger partial charge in [-0.25, -0.2) is 0 Å². The SMILES string of the molecule is CC/C=C\C/C=C\C/C=C\C/C=C\C/C=C\C/C=C\CCCCC(=O)NC(COP(=O)([O-])OCC[N+](C)(C)C)C(O)/C=C/CC/C=C/CCCCCCCCCCCCCCCCCC. The highest BCUT2D eigenvalue weighted by Gasteiger charge is 2.23. The van der Waals surface area contributed by atoms with Gasteiger partial charge in [0.15, 0.2) is 0 Å². The smallest absolute Gasteiger partial charge is 0.268 e. The van der Waals surface area contributed by atoms with Crippen molar-refractivity contribution in [3.63, 3.8) is 0 Å². The Labute approximate surface area is 400 Å². The van der Waals surface area contributed by atoms with Gasteiger partial charge < -0.3 is 28.8 Å². The Balaban J connectivity index is 4.46. The second-order valence-electron chi connectivity index (χ2n) is 18.5. The number of aliphatic hydroxyl groups is 1. The number of phosphoric acid groups is 1. The van der Waals surface area contributed by atoms with Crippen molar-refractivity contribution in [2.75, 3.05) is 40.9 Å². The Bertz CT molecular complexity index is 1370. The summed E-state index contributed by atoms with van der Waals surface area (Å²) in [6.07, 6.45) is 66.2. The molecule has 9 heteroatoms. The predicted molar refractivity (Wildman–Crippen MR) is 279 cm³/mol. The lowest BCUT2D eigenvalue weighted by atomic mass is 10.0. The van der Waals surface area contributed by atoms with E-state index in [1.165, 1.54) is 103 Å². The summed E-state index contributed by atoms with van der Waals surface area (Å²) in [6, 6.07) is -0.933. The van der Waals surface area contributed by atoms with Crippen LogP contribution in [0.3, 0.4) is 0 Å². The molecule has 0 bridgehead atoms. The maximum atomic E-state index is 12.9. The van der Waals surface area contributed by atoms with E-state index in [1.807, 2.05) is 27.2 Å². The van der Waals surface area contributed by atoms with Crippen molar-refractivity contribution in [3.8, 4) is 0 Å².